The fourth-order valence-electron chi connectivity index (χ4n) is 5.69. The molecule has 4 amide bonds. The lowest BCUT2D eigenvalue weighted by molar-refractivity contribution is -0.149. The summed E-state index contributed by atoms with van der Waals surface area (Å²) in [5, 5.41) is 40.4. The van der Waals surface area contributed by atoms with Gasteiger partial charge >= 0.3 is 11.9 Å². The lowest BCUT2D eigenvalue weighted by Crippen LogP contribution is -2.55. The summed E-state index contributed by atoms with van der Waals surface area (Å²) in [5.41, 5.74) is 0.486. The van der Waals surface area contributed by atoms with Crippen LogP contribution in [0.1, 0.15) is 62.4 Å². The number of amides is 4. The van der Waals surface area contributed by atoms with E-state index in [9.17, 15) is 52.9 Å². The lowest BCUT2D eigenvalue weighted by Gasteiger charge is -2.33. The SMILES string of the molecule is CC(=O)Nc1cccc(C(=O)N[C@@H](Cc2cc(F)cc(F)c2)[C@@H](O)CC(=O)N[C@H](C(=O)NC2CC(C(=O)O)CC(C(=O)O)C2)C(C)C)c1. The van der Waals surface area contributed by atoms with Crippen molar-refractivity contribution in [2.45, 2.75) is 77.1 Å². The smallest absolute Gasteiger partial charge is 0.306 e. The standard InChI is InChI=1S/C33H40F2N4O9/c1-16(2)29(31(44)37-25-12-20(32(45)46)10-21(13-25)33(47)48)39-28(42)15-27(41)26(9-18-7-22(34)14-23(35)8-18)38-30(43)19-5-4-6-24(11-19)36-17(3)40/h4-8,11,14,16,20-21,25-27,29,41H,9-10,12-13,15H2,1-3H3,(H,36,40)(H,37,44)(H,38,43)(H,39,42)(H,45,46)(H,47,48)/t20?,21?,25?,26-,27-,29-/m0/s1. The minimum Gasteiger partial charge on any atom is -0.481 e. The molecule has 0 spiro atoms. The molecular weight excluding hydrogens is 634 g/mol. The highest BCUT2D eigenvalue weighted by Crippen LogP contribution is 2.30. The van der Waals surface area contributed by atoms with E-state index in [1.165, 1.54) is 25.1 Å². The monoisotopic (exact) mass is 674 g/mol. The van der Waals surface area contributed by atoms with Gasteiger partial charge in [0, 0.05) is 30.3 Å². The molecule has 13 nitrogen and oxygen atoms in total. The van der Waals surface area contributed by atoms with Crippen LogP contribution in [0.15, 0.2) is 42.5 Å². The van der Waals surface area contributed by atoms with E-state index in [-0.39, 0.29) is 42.7 Å². The Morgan fingerprint density at radius 3 is 2.02 bits per heavy atom. The Labute approximate surface area is 275 Å². The molecule has 0 aliphatic heterocycles. The molecule has 0 radical (unpaired) electrons. The van der Waals surface area contributed by atoms with Gasteiger partial charge in [0.15, 0.2) is 0 Å². The van der Waals surface area contributed by atoms with Crippen LogP contribution in [0.2, 0.25) is 0 Å². The summed E-state index contributed by atoms with van der Waals surface area (Å²) in [7, 11) is 0. The number of halogens is 2. The minimum absolute atomic E-state index is 0.0120. The number of aliphatic hydroxyl groups is 1. The van der Waals surface area contributed by atoms with Crippen LogP contribution in [0, 0.1) is 29.4 Å². The van der Waals surface area contributed by atoms with Gasteiger partial charge in [-0.15, -0.1) is 0 Å². The third kappa shape index (κ3) is 11.1. The Morgan fingerprint density at radius 1 is 0.875 bits per heavy atom. The highest BCUT2D eigenvalue weighted by Gasteiger charge is 2.38. The van der Waals surface area contributed by atoms with Gasteiger partial charge in [-0.3, -0.25) is 28.8 Å². The minimum atomic E-state index is -1.61. The first-order valence-electron chi connectivity index (χ1n) is 15.4. The Balaban J connectivity index is 1.75. The Bertz CT molecular complexity index is 1490. The number of hydrogen-bond donors (Lipinski definition) is 7. The Hall–Kier alpha value is -4.92. The van der Waals surface area contributed by atoms with Gasteiger partial charge in [-0.2, -0.15) is 0 Å². The van der Waals surface area contributed by atoms with E-state index in [0.717, 1.165) is 12.1 Å². The van der Waals surface area contributed by atoms with Crippen LogP contribution in [-0.4, -0.2) is 75.1 Å². The highest BCUT2D eigenvalue weighted by atomic mass is 19.1. The number of aliphatic carboxylic acids is 2. The number of rotatable bonds is 14. The van der Waals surface area contributed by atoms with Crippen molar-refractivity contribution in [2.75, 3.05) is 5.32 Å². The van der Waals surface area contributed by atoms with E-state index in [1.807, 2.05) is 0 Å². The van der Waals surface area contributed by atoms with E-state index in [2.05, 4.69) is 21.3 Å². The summed E-state index contributed by atoms with van der Waals surface area (Å²) in [5.74, 6) is -9.12. The molecule has 1 aliphatic carbocycles. The second-order valence-electron chi connectivity index (χ2n) is 12.4. The van der Waals surface area contributed by atoms with Crippen LogP contribution in [0.25, 0.3) is 0 Å². The zero-order valence-corrected chi connectivity index (χ0v) is 26.7. The van der Waals surface area contributed by atoms with Crippen molar-refractivity contribution in [2.24, 2.45) is 17.8 Å². The first-order chi connectivity index (χ1) is 22.5. The van der Waals surface area contributed by atoms with E-state index < -0.39 is 89.7 Å². The second-order valence-corrected chi connectivity index (χ2v) is 12.4. The maximum Gasteiger partial charge on any atom is 0.306 e. The largest absolute Gasteiger partial charge is 0.481 e. The van der Waals surface area contributed by atoms with Gasteiger partial charge in [-0.25, -0.2) is 8.78 Å². The quantitative estimate of drug-likeness (QED) is 0.156. The summed E-state index contributed by atoms with van der Waals surface area (Å²) < 4.78 is 27.9. The van der Waals surface area contributed by atoms with Crippen molar-refractivity contribution in [3.8, 4) is 0 Å². The average molecular weight is 675 g/mol. The van der Waals surface area contributed by atoms with Crippen molar-refractivity contribution in [3.05, 3.63) is 65.2 Å². The summed E-state index contributed by atoms with van der Waals surface area (Å²) in [6.45, 7) is 4.56. The van der Waals surface area contributed by atoms with Crippen LogP contribution >= 0.6 is 0 Å². The predicted molar refractivity (Wildman–Crippen MR) is 167 cm³/mol. The fourth-order valence-corrected chi connectivity index (χ4v) is 5.69. The molecule has 1 aliphatic rings. The van der Waals surface area contributed by atoms with Gasteiger partial charge in [0.1, 0.15) is 17.7 Å². The molecule has 2 unspecified atom stereocenters. The number of carbonyl (C=O) groups is 6. The second kappa shape index (κ2) is 16.8. The number of carbonyl (C=O) groups excluding carboxylic acids is 4. The summed E-state index contributed by atoms with van der Waals surface area (Å²) in [6, 6.07) is 5.39. The van der Waals surface area contributed by atoms with Crippen molar-refractivity contribution in [1.82, 2.24) is 16.0 Å². The zero-order valence-electron chi connectivity index (χ0n) is 26.7. The third-order valence-electron chi connectivity index (χ3n) is 8.02. The van der Waals surface area contributed by atoms with E-state index in [4.69, 9.17) is 0 Å². The molecule has 1 saturated carbocycles. The van der Waals surface area contributed by atoms with Crippen LogP contribution < -0.4 is 21.3 Å². The normalized spacial score (nSPS) is 19.4. The number of nitrogens with one attached hydrogen (secondary N) is 4. The van der Waals surface area contributed by atoms with Crippen molar-refractivity contribution < 1.29 is 52.9 Å². The molecule has 5 atom stereocenters. The van der Waals surface area contributed by atoms with Crippen LogP contribution in [-0.2, 0) is 30.4 Å². The number of hydrogen-bond acceptors (Lipinski definition) is 7. The maximum absolute atomic E-state index is 14.0. The third-order valence-corrected chi connectivity index (χ3v) is 8.02. The summed E-state index contributed by atoms with van der Waals surface area (Å²) in [6.07, 6.45) is -2.58. The molecule has 48 heavy (non-hydrogen) atoms. The number of anilines is 1. The van der Waals surface area contributed by atoms with E-state index >= 15 is 0 Å². The number of carboxylic acid groups (broad SMARTS) is 2. The van der Waals surface area contributed by atoms with Crippen molar-refractivity contribution >= 4 is 41.3 Å². The summed E-state index contributed by atoms with van der Waals surface area (Å²) >= 11 is 0. The van der Waals surface area contributed by atoms with Gasteiger partial charge in [0.05, 0.1) is 30.4 Å². The molecular formula is C33H40F2N4O9. The first kappa shape index (κ1) is 37.5. The molecule has 7 N–H and O–H groups in total. The van der Waals surface area contributed by atoms with Gasteiger partial charge in [0.2, 0.25) is 17.7 Å². The highest BCUT2D eigenvalue weighted by molar-refractivity contribution is 5.97. The molecule has 15 heteroatoms. The molecule has 260 valence electrons. The molecule has 2 aromatic rings. The Kier molecular flexibility index (Phi) is 13.1. The van der Waals surface area contributed by atoms with Crippen LogP contribution in [0.5, 0.6) is 0 Å². The maximum atomic E-state index is 14.0. The average Bonchev–Trinajstić information content (AvgIpc) is 2.98. The molecule has 0 aromatic heterocycles. The molecule has 0 heterocycles. The lowest BCUT2D eigenvalue weighted by atomic mass is 9.78. The van der Waals surface area contributed by atoms with Gasteiger partial charge in [-0.1, -0.05) is 19.9 Å². The van der Waals surface area contributed by atoms with Gasteiger partial charge in [-0.05, 0) is 67.5 Å². The van der Waals surface area contributed by atoms with E-state index in [0.29, 0.717) is 11.8 Å². The Morgan fingerprint density at radius 2 is 1.48 bits per heavy atom. The van der Waals surface area contributed by atoms with Gasteiger partial charge < -0.3 is 36.6 Å². The van der Waals surface area contributed by atoms with Crippen LogP contribution in [0.3, 0.4) is 0 Å². The van der Waals surface area contributed by atoms with Crippen molar-refractivity contribution in [1.29, 1.82) is 0 Å². The molecule has 2 aromatic carbocycles. The number of aliphatic hydroxyl groups excluding tert-OH is 1. The molecule has 0 saturated heterocycles. The first-order valence-corrected chi connectivity index (χ1v) is 15.4. The van der Waals surface area contributed by atoms with Gasteiger partial charge in [0.25, 0.3) is 5.91 Å². The number of carboxylic acids is 2. The molecule has 1 fully saturated rings. The predicted octanol–water partition coefficient (Wildman–Crippen LogP) is 2.23. The number of benzene rings is 2. The van der Waals surface area contributed by atoms with Crippen LogP contribution in [0.4, 0.5) is 14.5 Å². The summed E-state index contributed by atoms with van der Waals surface area (Å²) in [4.78, 5) is 74.1. The zero-order chi connectivity index (χ0) is 35.7. The van der Waals surface area contributed by atoms with Crippen molar-refractivity contribution in [3.63, 3.8) is 0 Å². The topological polar surface area (TPSA) is 211 Å². The fraction of sp³-hybridized carbons (Fsp3) is 0.455. The molecule has 3 rings (SSSR count). The molecule has 0 bridgehead atoms. The van der Waals surface area contributed by atoms with E-state index in [1.54, 1.807) is 19.9 Å².